The predicted molar refractivity (Wildman–Crippen MR) is 48.6 cm³/mol. The Morgan fingerprint density at radius 2 is 1.87 bits per heavy atom. The maximum Gasteiger partial charge on any atom is 0.187 e. The van der Waals surface area contributed by atoms with E-state index in [0.29, 0.717) is 0 Å². The summed E-state index contributed by atoms with van der Waals surface area (Å²) in [5, 5.41) is 37.0. The fourth-order valence-corrected chi connectivity index (χ4v) is 1.34. The molecule has 1 saturated heterocycles. The molecule has 0 amide bonds. The standard InChI is InChI=1S/C9H14O6/c1-2-3-14-9-8(13)7(12)6(11)5(4-10)15-9/h1,5-13H,3-4H2/t5-,6-,7+,8+,9+/m1/s1. The topological polar surface area (TPSA) is 99.4 Å². The molecule has 6 heteroatoms. The van der Waals surface area contributed by atoms with Crippen LogP contribution in [0.1, 0.15) is 0 Å². The number of ether oxygens (including phenoxy) is 2. The zero-order valence-electron chi connectivity index (χ0n) is 7.98. The van der Waals surface area contributed by atoms with E-state index in [1.54, 1.807) is 0 Å². The van der Waals surface area contributed by atoms with Gasteiger partial charge in [-0.05, 0) is 0 Å². The molecule has 0 aromatic rings. The van der Waals surface area contributed by atoms with E-state index >= 15 is 0 Å². The normalized spacial score (nSPS) is 41.1. The average molecular weight is 218 g/mol. The molecule has 0 saturated carbocycles. The fourth-order valence-electron chi connectivity index (χ4n) is 1.34. The highest BCUT2D eigenvalue weighted by Gasteiger charge is 2.43. The molecular weight excluding hydrogens is 204 g/mol. The van der Waals surface area contributed by atoms with Crippen molar-refractivity contribution in [2.45, 2.75) is 30.7 Å². The zero-order chi connectivity index (χ0) is 11.4. The van der Waals surface area contributed by atoms with Gasteiger partial charge in [0, 0.05) is 0 Å². The van der Waals surface area contributed by atoms with Crippen LogP contribution < -0.4 is 0 Å². The van der Waals surface area contributed by atoms with E-state index < -0.39 is 37.3 Å². The van der Waals surface area contributed by atoms with Crippen molar-refractivity contribution in [2.24, 2.45) is 0 Å². The minimum atomic E-state index is -1.43. The van der Waals surface area contributed by atoms with Crippen molar-refractivity contribution in [2.75, 3.05) is 13.2 Å². The summed E-state index contributed by atoms with van der Waals surface area (Å²) < 4.78 is 9.91. The molecule has 15 heavy (non-hydrogen) atoms. The first kappa shape index (κ1) is 12.4. The molecule has 1 rings (SSSR count). The summed E-state index contributed by atoms with van der Waals surface area (Å²) in [4.78, 5) is 0. The number of aliphatic hydroxyl groups excluding tert-OH is 4. The maximum absolute atomic E-state index is 9.44. The van der Waals surface area contributed by atoms with Gasteiger partial charge in [0.1, 0.15) is 31.0 Å². The van der Waals surface area contributed by atoms with Gasteiger partial charge in [-0.2, -0.15) is 0 Å². The highest BCUT2D eigenvalue weighted by atomic mass is 16.7. The molecule has 4 N–H and O–H groups in total. The minimum absolute atomic E-state index is 0.0946. The van der Waals surface area contributed by atoms with E-state index in [1.807, 2.05) is 0 Å². The highest BCUT2D eigenvalue weighted by molar-refractivity contribution is 4.90. The number of terminal acetylenes is 1. The second kappa shape index (κ2) is 5.42. The molecule has 0 aromatic carbocycles. The van der Waals surface area contributed by atoms with Gasteiger partial charge in [0.2, 0.25) is 0 Å². The van der Waals surface area contributed by atoms with Gasteiger partial charge < -0.3 is 29.9 Å². The highest BCUT2D eigenvalue weighted by Crippen LogP contribution is 2.21. The van der Waals surface area contributed by atoms with E-state index in [4.69, 9.17) is 21.0 Å². The van der Waals surface area contributed by atoms with Crippen molar-refractivity contribution in [3.63, 3.8) is 0 Å². The van der Waals surface area contributed by atoms with Crippen LogP contribution in [0.4, 0.5) is 0 Å². The quantitative estimate of drug-likeness (QED) is 0.389. The lowest BCUT2D eigenvalue weighted by Gasteiger charge is -2.39. The smallest absolute Gasteiger partial charge is 0.187 e. The van der Waals surface area contributed by atoms with Gasteiger partial charge in [-0.15, -0.1) is 6.42 Å². The molecule has 0 radical (unpaired) electrons. The summed E-state index contributed by atoms with van der Waals surface area (Å²) in [5.74, 6) is 2.17. The third-order valence-corrected chi connectivity index (χ3v) is 2.18. The Hall–Kier alpha value is -0.680. The van der Waals surface area contributed by atoms with Crippen molar-refractivity contribution >= 4 is 0 Å². The molecule has 0 unspecified atom stereocenters. The van der Waals surface area contributed by atoms with E-state index in [1.165, 1.54) is 0 Å². The summed E-state index contributed by atoms with van der Waals surface area (Å²) in [5.41, 5.74) is 0. The molecule has 0 spiro atoms. The molecule has 5 atom stereocenters. The summed E-state index contributed by atoms with van der Waals surface area (Å²) in [7, 11) is 0. The molecule has 0 bridgehead atoms. The van der Waals surface area contributed by atoms with E-state index in [0.717, 1.165) is 0 Å². The number of hydrogen-bond donors (Lipinski definition) is 4. The first-order valence-corrected chi connectivity index (χ1v) is 4.47. The van der Waals surface area contributed by atoms with E-state index in [-0.39, 0.29) is 6.61 Å². The van der Waals surface area contributed by atoms with E-state index in [2.05, 4.69) is 5.92 Å². The molecule has 0 aromatic heterocycles. The van der Waals surface area contributed by atoms with Crippen LogP contribution in [0.25, 0.3) is 0 Å². The Kier molecular flexibility index (Phi) is 4.47. The van der Waals surface area contributed by atoms with Crippen LogP contribution in [-0.2, 0) is 9.47 Å². The first-order chi connectivity index (χ1) is 7.11. The lowest BCUT2D eigenvalue weighted by molar-refractivity contribution is -0.298. The van der Waals surface area contributed by atoms with Gasteiger partial charge in [0.05, 0.1) is 6.61 Å². The van der Waals surface area contributed by atoms with Crippen LogP contribution in [0, 0.1) is 12.3 Å². The average Bonchev–Trinajstić information content (AvgIpc) is 2.25. The van der Waals surface area contributed by atoms with Gasteiger partial charge in [0.25, 0.3) is 0 Å². The second-order valence-electron chi connectivity index (χ2n) is 3.21. The maximum atomic E-state index is 9.44. The molecule has 6 nitrogen and oxygen atoms in total. The number of hydrogen-bond acceptors (Lipinski definition) is 6. The SMILES string of the molecule is C#CCO[C@H]1O[C@H](CO)[C@@H](O)[C@H](O)[C@@H]1O. The predicted octanol–water partition coefficient (Wildman–Crippen LogP) is -2.56. The van der Waals surface area contributed by atoms with Crippen LogP contribution in [-0.4, -0.2) is 64.3 Å². The Morgan fingerprint density at radius 3 is 2.40 bits per heavy atom. The van der Waals surface area contributed by atoms with Crippen molar-refractivity contribution in [1.82, 2.24) is 0 Å². The van der Waals surface area contributed by atoms with Crippen LogP contribution in [0.15, 0.2) is 0 Å². The van der Waals surface area contributed by atoms with Crippen molar-refractivity contribution in [1.29, 1.82) is 0 Å². The van der Waals surface area contributed by atoms with Gasteiger partial charge >= 0.3 is 0 Å². The van der Waals surface area contributed by atoms with Gasteiger partial charge in [-0.3, -0.25) is 0 Å². The van der Waals surface area contributed by atoms with Crippen molar-refractivity contribution < 1.29 is 29.9 Å². The Bertz CT molecular complexity index is 235. The summed E-state index contributed by atoms with van der Waals surface area (Å²) in [6.07, 6.45) is -1.36. The first-order valence-electron chi connectivity index (χ1n) is 4.47. The zero-order valence-corrected chi connectivity index (χ0v) is 7.98. The Morgan fingerprint density at radius 1 is 1.20 bits per heavy atom. The third-order valence-electron chi connectivity index (χ3n) is 2.18. The van der Waals surface area contributed by atoms with Crippen LogP contribution >= 0.6 is 0 Å². The molecule has 1 fully saturated rings. The number of aliphatic hydroxyl groups is 4. The molecule has 1 heterocycles. The van der Waals surface area contributed by atoms with Crippen molar-refractivity contribution in [3.05, 3.63) is 0 Å². The summed E-state index contributed by atoms with van der Waals surface area (Å²) >= 11 is 0. The molecular formula is C9H14O6. The van der Waals surface area contributed by atoms with Gasteiger partial charge in [-0.1, -0.05) is 5.92 Å². The number of rotatable bonds is 3. The van der Waals surface area contributed by atoms with Crippen molar-refractivity contribution in [3.8, 4) is 12.3 Å². The summed E-state index contributed by atoms with van der Waals surface area (Å²) in [6.45, 7) is -0.580. The van der Waals surface area contributed by atoms with Crippen LogP contribution in [0.5, 0.6) is 0 Å². The van der Waals surface area contributed by atoms with Gasteiger partial charge in [0.15, 0.2) is 6.29 Å². The van der Waals surface area contributed by atoms with Crippen LogP contribution in [0.3, 0.4) is 0 Å². The lowest BCUT2D eigenvalue weighted by Crippen LogP contribution is -2.59. The molecule has 0 aliphatic carbocycles. The lowest BCUT2D eigenvalue weighted by atomic mass is 9.99. The minimum Gasteiger partial charge on any atom is -0.394 e. The molecule has 1 aliphatic heterocycles. The largest absolute Gasteiger partial charge is 0.394 e. The Labute approximate surface area is 87.1 Å². The fraction of sp³-hybridized carbons (Fsp3) is 0.778. The molecule has 1 aliphatic rings. The van der Waals surface area contributed by atoms with Gasteiger partial charge in [-0.25, -0.2) is 0 Å². The summed E-state index contributed by atoms with van der Waals surface area (Å²) in [6, 6.07) is 0. The Balaban J connectivity index is 2.62. The van der Waals surface area contributed by atoms with Crippen LogP contribution in [0.2, 0.25) is 0 Å². The second-order valence-corrected chi connectivity index (χ2v) is 3.21. The molecule has 86 valence electrons. The third kappa shape index (κ3) is 2.66. The van der Waals surface area contributed by atoms with E-state index in [9.17, 15) is 15.3 Å². The monoisotopic (exact) mass is 218 g/mol.